The fraction of sp³-hybridized carbons (Fsp3) is 0.438. The molecular formula is C16H21N3O3. The summed E-state index contributed by atoms with van der Waals surface area (Å²) in [4.78, 5) is 37.7. The van der Waals surface area contributed by atoms with Crippen LogP contribution in [0.2, 0.25) is 0 Å². The Labute approximate surface area is 129 Å². The maximum atomic E-state index is 12.4. The summed E-state index contributed by atoms with van der Waals surface area (Å²) in [6.45, 7) is 9.13. The Hall–Kier alpha value is -2.37. The molecule has 1 aromatic carbocycles. The third kappa shape index (κ3) is 2.95. The highest BCUT2D eigenvalue weighted by atomic mass is 16.2. The molecular weight excluding hydrogens is 282 g/mol. The fourth-order valence-corrected chi connectivity index (χ4v) is 2.36. The normalized spacial score (nSPS) is 14.4. The van der Waals surface area contributed by atoms with E-state index < -0.39 is 5.54 Å². The lowest BCUT2D eigenvalue weighted by Crippen LogP contribution is -2.45. The molecule has 1 heterocycles. The molecule has 0 spiro atoms. The third-order valence-electron chi connectivity index (χ3n) is 3.24. The molecule has 118 valence electrons. The van der Waals surface area contributed by atoms with Gasteiger partial charge in [-0.25, -0.2) is 4.79 Å². The maximum absolute atomic E-state index is 12.4. The van der Waals surface area contributed by atoms with E-state index in [9.17, 15) is 14.4 Å². The summed E-state index contributed by atoms with van der Waals surface area (Å²) in [5.74, 6) is -0.633. The number of nitrogens with one attached hydrogen (secondary N) is 2. The summed E-state index contributed by atoms with van der Waals surface area (Å²) in [5, 5.41) is 5.36. The second kappa shape index (κ2) is 5.44. The van der Waals surface area contributed by atoms with Gasteiger partial charge in [0, 0.05) is 17.3 Å². The first-order chi connectivity index (χ1) is 10.1. The van der Waals surface area contributed by atoms with E-state index in [0.717, 1.165) is 0 Å². The number of urea groups is 1. The van der Waals surface area contributed by atoms with Crippen LogP contribution in [0.4, 0.5) is 10.5 Å². The van der Waals surface area contributed by atoms with Crippen LogP contribution in [0.5, 0.6) is 0 Å². The minimum Gasteiger partial charge on any atom is -0.336 e. The van der Waals surface area contributed by atoms with Crippen LogP contribution in [0.15, 0.2) is 18.2 Å². The van der Waals surface area contributed by atoms with Crippen LogP contribution in [-0.4, -0.2) is 34.3 Å². The van der Waals surface area contributed by atoms with Crippen molar-refractivity contribution < 1.29 is 14.4 Å². The predicted octanol–water partition coefficient (Wildman–Crippen LogP) is 2.61. The van der Waals surface area contributed by atoms with Gasteiger partial charge in [-0.3, -0.25) is 14.5 Å². The first-order valence-electron chi connectivity index (χ1n) is 7.21. The molecule has 2 rings (SSSR count). The largest absolute Gasteiger partial charge is 0.336 e. The van der Waals surface area contributed by atoms with E-state index in [4.69, 9.17) is 0 Å². The van der Waals surface area contributed by atoms with Crippen LogP contribution >= 0.6 is 0 Å². The number of benzene rings is 1. The molecule has 6 nitrogen and oxygen atoms in total. The summed E-state index contributed by atoms with van der Waals surface area (Å²) in [5.41, 5.74) is 0.585. The van der Waals surface area contributed by atoms with Crippen molar-refractivity contribution >= 4 is 23.5 Å². The van der Waals surface area contributed by atoms with Crippen molar-refractivity contribution in [3.63, 3.8) is 0 Å². The minimum absolute atomic E-state index is 0.00835. The number of hydrogen-bond acceptors (Lipinski definition) is 3. The number of rotatable bonds is 2. The fourth-order valence-electron chi connectivity index (χ4n) is 2.36. The molecule has 2 N–H and O–H groups in total. The molecule has 0 saturated carbocycles. The van der Waals surface area contributed by atoms with Crippen LogP contribution < -0.4 is 10.6 Å². The quantitative estimate of drug-likeness (QED) is 0.824. The number of fused-ring (bicyclic) bond motifs is 1. The average molecular weight is 303 g/mol. The van der Waals surface area contributed by atoms with Crippen molar-refractivity contribution in [1.29, 1.82) is 0 Å². The van der Waals surface area contributed by atoms with Gasteiger partial charge >= 0.3 is 6.03 Å². The van der Waals surface area contributed by atoms with Crippen molar-refractivity contribution in [3.8, 4) is 0 Å². The van der Waals surface area contributed by atoms with Crippen molar-refractivity contribution in [2.75, 3.05) is 5.32 Å². The van der Waals surface area contributed by atoms with Crippen LogP contribution in [0.1, 0.15) is 55.3 Å². The van der Waals surface area contributed by atoms with Gasteiger partial charge in [0.15, 0.2) is 0 Å². The van der Waals surface area contributed by atoms with Gasteiger partial charge in [0.1, 0.15) is 0 Å². The molecule has 6 heteroatoms. The lowest BCUT2D eigenvalue weighted by molar-refractivity contribution is 0.0507. The van der Waals surface area contributed by atoms with Crippen molar-refractivity contribution in [1.82, 2.24) is 10.2 Å². The van der Waals surface area contributed by atoms with Crippen LogP contribution in [-0.2, 0) is 0 Å². The summed E-state index contributed by atoms with van der Waals surface area (Å²) in [7, 11) is 0. The second-order valence-corrected chi connectivity index (χ2v) is 6.63. The third-order valence-corrected chi connectivity index (χ3v) is 3.24. The highest BCUT2D eigenvalue weighted by Gasteiger charge is 2.41. The van der Waals surface area contributed by atoms with Crippen molar-refractivity contribution in [3.05, 3.63) is 29.3 Å². The van der Waals surface area contributed by atoms with Gasteiger partial charge in [-0.1, -0.05) is 0 Å². The summed E-state index contributed by atoms with van der Waals surface area (Å²) in [6.07, 6.45) is 0. The van der Waals surface area contributed by atoms with Crippen LogP contribution in [0, 0.1) is 0 Å². The van der Waals surface area contributed by atoms with Gasteiger partial charge < -0.3 is 10.6 Å². The lowest BCUT2D eigenvalue weighted by atomic mass is 10.1. The van der Waals surface area contributed by atoms with Gasteiger partial charge in [-0.15, -0.1) is 0 Å². The zero-order valence-electron chi connectivity index (χ0n) is 13.5. The number of amides is 4. The molecule has 1 aromatic rings. The Kier molecular flexibility index (Phi) is 3.96. The Morgan fingerprint density at radius 1 is 1.09 bits per heavy atom. The minimum atomic E-state index is -0.588. The Balaban J connectivity index is 2.28. The van der Waals surface area contributed by atoms with Gasteiger partial charge in [-0.2, -0.15) is 0 Å². The van der Waals surface area contributed by atoms with E-state index >= 15 is 0 Å². The van der Waals surface area contributed by atoms with Crippen molar-refractivity contribution in [2.24, 2.45) is 0 Å². The number of nitrogens with zero attached hydrogens (tertiary/aromatic N) is 1. The molecule has 0 aromatic heterocycles. The van der Waals surface area contributed by atoms with E-state index in [1.807, 2.05) is 34.6 Å². The van der Waals surface area contributed by atoms with Crippen LogP contribution in [0.3, 0.4) is 0 Å². The molecule has 4 amide bonds. The number of carbonyl (C=O) groups excluding carboxylic acids is 3. The number of hydrogen-bond donors (Lipinski definition) is 2. The molecule has 0 fully saturated rings. The molecule has 22 heavy (non-hydrogen) atoms. The van der Waals surface area contributed by atoms with E-state index in [-0.39, 0.29) is 23.9 Å². The molecule has 0 bridgehead atoms. The van der Waals surface area contributed by atoms with Crippen molar-refractivity contribution in [2.45, 2.75) is 46.2 Å². The van der Waals surface area contributed by atoms with Gasteiger partial charge in [0.25, 0.3) is 11.8 Å². The zero-order chi connectivity index (χ0) is 16.7. The smallest absolute Gasteiger partial charge is 0.319 e. The maximum Gasteiger partial charge on any atom is 0.319 e. The predicted molar refractivity (Wildman–Crippen MR) is 84.0 cm³/mol. The number of imide groups is 1. The monoisotopic (exact) mass is 303 g/mol. The highest BCUT2D eigenvalue weighted by molar-refractivity contribution is 6.22. The summed E-state index contributed by atoms with van der Waals surface area (Å²) in [6, 6.07) is 4.40. The SMILES string of the molecule is CC(C)NC(=O)Nc1ccc2c(c1)C(=O)N(C(C)(C)C)C2=O. The number of anilines is 1. The summed E-state index contributed by atoms with van der Waals surface area (Å²) >= 11 is 0. The standard InChI is InChI=1S/C16H21N3O3/c1-9(2)17-15(22)18-10-6-7-11-12(8-10)14(21)19(13(11)20)16(3,4)5/h6-9H,1-5H3,(H2,17,18,22). The lowest BCUT2D eigenvalue weighted by Gasteiger charge is -2.29. The second-order valence-electron chi connectivity index (χ2n) is 6.63. The van der Waals surface area contributed by atoms with E-state index in [1.165, 1.54) is 4.90 Å². The molecule has 0 aliphatic carbocycles. The van der Waals surface area contributed by atoms with Gasteiger partial charge in [0.2, 0.25) is 0 Å². The van der Waals surface area contributed by atoms with E-state index in [0.29, 0.717) is 16.8 Å². The molecule has 1 aliphatic rings. The average Bonchev–Trinajstić information content (AvgIpc) is 2.59. The molecule has 0 unspecified atom stereocenters. The molecule has 0 radical (unpaired) electrons. The van der Waals surface area contributed by atoms with Gasteiger partial charge in [0.05, 0.1) is 11.1 Å². The Bertz CT molecular complexity index is 645. The first-order valence-corrected chi connectivity index (χ1v) is 7.21. The number of carbonyl (C=O) groups is 3. The zero-order valence-corrected chi connectivity index (χ0v) is 13.5. The highest BCUT2D eigenvalue weighted by Crippen LogP contribution is 2.30. The Morgan fingerprint density at radius 3 is 2.23 bits per heavy atom. The van der Waals surface area contributed by atoms with Crippen LogP contribution in [0.25, 0.3) is 0 Å². The van der Waals surface area contributed by atoms with E-state index in [2.05, 4.69) is 10.6 Å². The first kappa shape index (κ1) is 16.0. The topological polar surface area (TPSA) is 78.5 Å². The Morgan fingerprint density at radius 2 is 1.68 bits per heavy atom. The summed E-state index contributed by atoms with van der Waals surface area (Å²) < 4.78 is 0. The van der Waals surface area contributed by atoms with E-state index in [1.54, 1.807) is 18.2 Å². The molecule has 1 aliphatic heterocycles. The molecule has 0 saturated heterocycles. The molecule has 0 atom stereocenters. The van der Waals surface area contributed by atoms with Gasteiger partial charge in [-0.05, 0) is 52.8 Å².